The number of amides is 3. The fourth-order valence-electron chi connectivity index (χ4n) is 4.13. The Morgan fingerprint density at radius 1 is 0.933 bits per heavy atom. The summed E-state index contributed by atoms with van der Waals surface area (Å²) < 4.78 is 0. The van der Waals surface area contributed by atoms with Crippen LogP contribution in [0.3, 0.4) is 0 Å². The van der Waals surface area contributed by atoms with Crippen LogP contribution in [0.15, 0.2) is 54.6 Å². The van der Waals surface area contributed by atoms with Crippen molar-refractivity contribution in [1.82, 2.24) is 10.2 Å². The highest BCUT2D eigenvalue weighted by atomic mass is 16.2. The number of hydrogen-bond donors (Lipinski definition) is 1. The minimum atomic E-state index is -0.0584. The largest absolute Gasteiger partial charge is 0.349 e. The van der Waals surface area contributed by atoms with Crippen LogP contribution in [-0.2, 0) is 16.0 Å². The maximum atomic E-state index is 12.7. The van der Waals surface area contributed by atoms with Crippen molar-refractivity contribution in [2.45, 2.75) is 38.1 Å². The highest BCUT2D eigenvalue weighted by molar-refractivity contribution is 5.95. The van der Waals surface area contributed by atoms with Gasteiger partial charge in [-0.3, -0.25) is 14.4 Å². The molecule has 2 saturated heterocycles. The Bertz CT molecular complexity index is 903. The van der Waals surface area contributed by atoms with Crippen LogP contribution in [0.1, 0.15) is 41.6 Å². The molecule has 2 aromatic rings. The molecule has 1 N–H and O–H groups in total. The average molecular weight is 405 g/mol. The third kappa shape index (κ3) is 4.70. The van der Waals surface area contributed by atoms with Crippen molar-refractivity contribution in [1.29, 1.82) is 0 Å². The lowest BCUT2D eigenvalue weighted by Gasteiger charge is -2.32. The van der Waals surface area contributed by atoms with Gasteiger partial charge in [-0.1, -0.05) is 30.3 Å². The van der Waals surface area contributed by atoms with Gasteiger partial charge in [0.15, 0.2) is 0 Å². The summed E-state index contributed by atoms with van der Waals surface area (Å²) >= 11 is 0. The standard InChI is InChI=1S/C24H27N3O3/c28-22-7-4-14-27(22)21-10-8-18(9-11-21)17-23(29)26-15-12-20(13-16-26)25-24(30)19-5-2-1-3-6-19/h1-3,5-6,8-11,20H,4,7,12-17H2,(H,25,30). The number of anilines is 1. The highest BCUT2D eigenvalue weighted by Crippen LogP contribution is 2.22. The number of benzene rings is 2. The van der Waals surface area contributed by atoms with Crippen LogP contribution in [-0.4, -0.2) is 48.3 Å². The second kappa shape index (κ2) is 9.11. The molecule has 2 aromatic carbocycles. The number of nitrogens with one attached hydrogen (secondary N) is 1. The third-order valence-corrected chi connectivity index (χ3v) is 5.90. The quantitative estimate of drug-likeness (QED) is 0.832. The first kappa shape index (κ1) is 20.1. The van der Waals surface area contributed by atoms with E-state index in [1.54, 1.807) is 17.0 Å². The number of hydrogen-bond acceptors (Lipinski definition) is 3. The Hall–Kier alpha value is -3.15. The summed E-state index contributed by atoms with van der Waals surface area (Å²) in [6.07, 6.45) is 3.40. The Labute approximate surface area is 176 Å². The van der Waals surface area contributed by atoms with Gasteiger partial charge >= 0.3 is 0 Å². The molecule has 0 saturated carbocycles. The molecule has 156 valence electrons. The Morgan fingerprint density at radius 3 is 2.27 bits per heavy atom. The molecule has 2 aliphatic heterocycles. The number of nitrogens with zero attached hydrogens (tertiary/aromatic N) is 2. The molecule has 0 aliphatic carbocycles. The van der Waals surface area contributed by atoms with Gasteiger partial charge in [-0.2, -0.15) is 0 Å². The Morgan fingerprint density at radius 2 is 1.63 bits per heavy atom. The monoisotopic (exact) mass is 405 g/mol. The van der Waals surface area contributed by atoms with Crippen molar-refractivity contribution in [3.8, 4) is 0 Å². The molecule has 6 heteroatoms. The second-order valence-electron chi connectivity index (χ2n) is 7.99. The van der Waals surface area contributed by atoms with Crippen molar-refractivity contribution in [3.05, 3.63) is 65.7 Å². The van der Waals surface area contributed by atoms with E-state index in [1.807, 2.05) is 47.4 Å². The van der Waals surface area contributed by atoms with Gasteiger partial charge in [-0.15, -0.1) is 0 Å². The van der Waals surface area contributed by atoms with Crippen LogP contribution in [0.4, 0.5) is 5.69 Å². The number of piperidine rings is 1. The fourth-order valence-corrected chi connectivity index (χ4v) is 4.13. The molecule has 0 atom stereocenters. The summed E-state index contributed by atoms with van der Waals surface area (Å²) in [5.41, 5.74) is 2.52. The van der Waals surface area contributed by atoms with Gasteiger partial charge in [0.2, 0.25) is 11.8 Å². The number of likely N-dealkylation sites (tertiary alicyclic amines) is 1. The maximum Gasteiger partial charge on any atom is 0.251 e. The molecule has 0 spiro atoms. The van der Waals surface area contributed by atoms with E-state index in [9.17, 15) is 14.4 Å². The van der Waals surface area contributed by atoms with Crippen LogP contribution in [0.2, 0.25) is 0 Å². The molecule has 2 fully saturated rings. The van der Waals surface area contributed by atoms with E-state index in [-0.39, 0.29) is 23.8 Å². The minimum Gasteiger partial charge on any atom is -0.349 e. The van der Waals surface area contributed by atoms with E-state index in [2.05, 4.69) is 5.32 Å². The number of rotatable bonds is 5. The van der Waals surface area contributed by atoms with Crippen molar-refractivity contribution in [2.75, 3.05) is 24.5 Å². The molecule has 0 unspecified atom stereocenters. The zero-order valence-corrected chi connectivity index (χ0v) is 17.0. The van der Waals surface area contributed by atoms with Gasteiger partial charge in [-0.25, -0.2) is 0 Å². The van der Waals surface area contributed by atoms with Gasteiger partial charge in [0, 0.05) is 43.3 Å². The SMILES string of the molecule is O=C(NC1CCN(C(=O)Cc2ccc(N3CCCC3=O)cc2)CC1)c1ccccc1. The Balaban J connectivity index is 1.25. The molecular formula is C24H27N3O3. The summed E-state index contributed by atoms with van der Waals surface area (Å²) in [6, 6.07) is 17.0. The summed E-state index contributed by atoms with van der Waals surface area (Å²) in [4.78, 5) is 40.5. The van der Waals surface area contributed by atoms with Crippen molar-refractivity contribution in [2.24, 2.45) is 0 Å². The van der Waals surface area contributed by atoms with E-state index < -0.39 is 0 Å². The van der Waals surface area contributed by atoms with E-state index in [0.717, 1.165) is 37.1 Å². The molecule has 0 radical (unpaired) electrons. The van der Waals surface area contributed by atoms with Crippen LogP contribution in [0.5, 0.6) is 0 Å². The fraction of sp³-hybridized carbons (Fsp3) is 0.375. The van der Waals surface area contributed by atoms with Crippen LogP contribution >= 0.6 is 0 Å². The van der Waals surface area contributed by atoms with Crippen LogP contribution in [0, 0.1) is 0 Å². The molecule has 2 aliphatic rings. The zero-order chi connectivity index (χ0) is 20.9. The van der Waals surface area contributed by atoms with Crippen molar-refractivity contribution < 1.29 is 14.4 Å². The molecule has 3 amide bonds. The molecule has 0 aromatic heterocycles. The molecule has 0 bridgehead atoms. The summed E-state index contributed by atoms with van der Waals surface area (Å²) in [5.74, 6) is 0.214. The van der Waals surface area contributed by atoms with Crippen molar-refractivity contribution >= 4 is 23.4 Å². The lowest BCUT2D eigenvalue weighted by molar-refractivity contribution is -0.131. The summed E-state index contributed by atoms with van der Waals surface area (Å²) in [5, 5.41) is 3.07. The number of carbonyl (C=O) groups is 3. The van der Waals surface area contributed by atoms with Crippen LogP contribution < -0.4 is 10.2 Å². The Kier molecular flexibility index (Phi) is 6.12. The number of carbonyl (C=O) groups excluding carboxylic acids is 3. The molecule has 30 heavy (non-hydrogen) atoms. The third-order valence-electron chi connectivity index (χ3n) is 5.90. The summed E-state index contributed by atoms with van der Waals surface area (Å²) in [7, 11) is 0. The maximum absolute atomic E-state index is 12.7. The van der Waals surface area contributed by atoms with E-state index >= 15 is 0 Å². The first-order valence-corrected chi connectivity index (χ1v) is 10.6. The van der Waals surface area contributed by atoms with Gasteiger partial charge in [-0.05, 0) is 49.1 Å². The van der Waals surface area contributed by atoms with Gasteiger partial charge < -0.3 is 15.1 Å². The smallest absolute Gasteiger partial charge is 0.251 e. The van der Waals surface area contributed by atoms with E-state index in [1.165, 1.54) is 0 Å². The van der Waals surface area contributed by atoms with Gasteiger partial charge in [0.25, 0.3) is 5.91 Å². The lowest BCUT2D eigenvalue weighted by atomic mass is 10.0. The first-order valence-electron chi connectivity index (χ1n) is 10.6. The zero-order valence-electron chi connectivity index (χ0n) is 17.0. The predicted octanol–water partition coefficient (Wildman–Crippen LogP) is 2.78. The normalized spacial score (nSPS) is 17.3. The molecule has 2 heterocycles. The predicted molar refractivity (Wildman–Crippen MR) is 115 cm³/mol. The molecule has 4 rings (SSSR count). The second-order valence-corrected chi connectivity index (χ2v) is 7.99. The van der Waals surface area contributed by atoms with E-state index in [4.69, 9.17) is 0 Å². The minimum absolute atomic E-state index is 0.0584. The highest BCUT2D eigenvalue weighted by Gasteiger charge is 2.25. The lowest BCUT2D eigenvalue weighted by Crippen LogP contribution is -2.46. The van der Waals surface area contributed by atoms with E-state index in [0.29, 0.717) is 31.5 Å². The summed E-state index contributed by atoms with van der Waals surface area (Å²) in [6.45, 7) is 2.07. The van der Waals surface area contributed by atoms with Crippen molar-refractivity contribution in [3.63, 3.8) is 0 Å². The van der Waals surface area contributed by atoms with Gasteiger partial charge in [0.1, 0.15) is 0 Å². The average Bonchev–Trinajstić information content (AvgIpc) is 3.21. The molecule has 6 nitrogen and oxygen atoms in total. The topological polar surface area (TPSA) is 69.7 Å². The molecular weight excluding hydrogens is 378 g/mol. The first-order chi connectivity index (χ1) is 14.6. The van der Waals surface area contributed by atoms with Gasteiger partial charge in [0.05, 0.1) is 6.42 Å². The van der Waals surface area contributed by atoms with Crippen LogP contribution in [0.25, 0.3) is 0 Å².